The zero-order valence-corrected chi connectivity index (χ0v) is 24.6. The molecule has 2 heterocycles. The molecular formula is C33H31FN4O5S. The van der Waals surface area contributed by atoms with Gasteiger partial charge >= 0.3 is 0 Å². The van der Waals surface area contributed by atoms with E-state index in [0.717, 1.165) is 5.56 Å². The number of carbonyl (C=O) groups is 1. The largest absolute Gasteiger partial charge is 0.454 e. The Morgan fingerprint density at radius 2 is 1.52 bits per heavy atom. The highest BCUT2D eigenvalue weighted by Gasteiger charge is 2.27. The van der Waals surface area contributed by atoms with Crippen LogP contribution in [0.25, 0.3) is 6.08 Å². The number of rotatable bonds is 9. The van der Waals surface area contributed by atoms with E-state index in [1.54, 1.807) is 54.6 Å². The maximum atomic E-state index is 14.4. The Hall–Kier alpha value is -4.87. The van der Waals surface area contributed by atoms with Crippen LogP contribution in [0.5, 0.6) is 11.5 Å². The lowest BCUT2D eigenvalue weighted by molar-refractivity contribution is -0.111. The Labute approximate surface area is 255 Å². The van der Waals surface area contributed by atoms with Gasteiger partial charge in [-0.2, -0.15) is 0 Å². The van der Waals surface area contributed by atoms with Crippen molar-refractivity contribution in [1.82, 2.24) is 4.72 Å². The molecule has 2 N–H and O–H groups in total. The molecule has 0 bridgehead atoms. The summed E-state index contributed by atoms with van der Waals surface area (Å²) in [4.78, 5) is 16.6. The summed E-state index contributed by atoms with van der Waals surface area (Å²) in [6.07, 6.45) is 3.08. The lowest BCUT2D eigenvalue weighted by Crippen LogP contribution is -2.47. The molecule has 2 aliphatic heterocycles. The molecule has 9 nitrogen and oxygen atoms in total. The van der Waals surface area contributed by atoms with E-state index in [2.05, 4.69) is 10.0 Å². The maximum Gasteiger partial charge on any atom is 0.248 e. The van der Waals surface area contributed by atoms with Crippen LogP contribution >= 0.6 is 0 Å². The van der Waals surface area contributed by atoms with Crippen LogP contribution < -0.4 is 29.3 Å². The standard InChI is InChI=1S/C33H31FN4O5S/c34-27-8-4-5-9-28(27)37-16-18-38(19-17-37)29-13-12-26(36-33(39)15-11-24-6-2-1-3-7-24)21-32(29)44(40,41)35-22-25-10-14-30-31(20-25)43-23-42-30/h1-15,20-21,35H,16-19,22-23H2,(H,36,39)/b15-11+. The van der Waals surface area contributed by atoms with Gasteiger partial charge in [-0.25, -0.2) is 17.5 Å². The number of ether oxygens (including phenoxy) is 2. The highest BCUT2D eigenvalue weighted by Crippen LogP contribution is 2.34. The SMILES string of the molecule is O=C(/C=C/c1ccccc1)Nc1ccc(N2CCN(c3ccccc3F)CC2)c(S(=O)(=O)NCc2ccc3c(c2)OCO3)c1. The van der Waals surface area contributed by atoms with Crippen LogP contribution in [0.2, 0.25) is 0 Å². The average Bonchev–Trinajstić information content (AvgIpc) is 3.52. The van der Waals surface area contributed by atoms with E-state index in [1.807, 2.05) is 40.1 Å². The molecule has 4 aromatic carbocycles. The van der Waals surface area contributed by atoms with Gasteiger partial charge in [0.15, 0.2) is 11.5 Å². The zero-order chi connectivity index (χ0) is 30.5. The van der Waals surface area contributed by atoms with Crippen molar-refractivity contribution in [2.45, 2.75) is 11.4 Å². The summed E-state index contributed by atoms with van der Waals surface area (Å²) in [5, 5.41) is 2.77. The van der Waals surface area contributed by atoms with Gasteiger partial charge in [-0.05, 0) is 59.7 Å². The minimum Gasteiger partial charge on any atom is -0.454 e. The number of hydrogen-bond donors (Lipinski definition) is 2. The monoisotopic (exact) mass is 614 g/mol. The van der Waals surface area contributed by atoms with Crippen molar-refractivity contribution in [2.24, 2.45) is 0 Å². The minimum atomic E-state index is -4.05. The quantitative estimate of drug-likeness (QED) is 0.256. The Morgan fingerprint density at radius 3 is 2.30 bits per heavy atom. The molecule has 4 aromatic rings. The molecule has 226 valence electrons. The molecule has 44 heavy (non-hydrogen) atoms. The molecule has 0 saturated carbocycles. The number of nitrogens with one attached hydrogen (secondary N) is 2. The molecule has 1 fully saturated rings. The van der Waals surface area contributed by atoms with Gasteiger partial charge < -0.3 is 24.6 Å². The number of hydrogen-bond acceptors (Lipinski definition) is 7. The van der Waals surface area contributed by atoms with Crippen molar-refractivity contribution in [1.29, 1.82) is 0 Å². The lowest BCUT2D eigenvalue weighted by Gasteiger charge is -2.38. The second-order valence-corrected chi connectivity index (χ2v) is 12.1. The molecular weight excluding hydrogens is 583 g/mol. The zero-order valence-electron chi connectivity index (χ0n) is 23.8. The fraction of sp³-hybridized carbons (Fsp3) is 0.182. The molecule has 0 atom stereocenters. The van der Waals surface area contributed by atoms with E-state index in [4.69, 9.17) is 9.47 Å². The highest BCUT2D eigenvalue weighted by atomic mass is 32.2. The second kappa shape index (κ2) is 12.8. The fourth-order valence-corrected chi connectivity index (χ4v) is 6.46. The summed E-state index contributed by atoms with van der Waals surface area (Å²) in [6, 6.07) is 26.1. The van der Waals surface area contributed by atoms with E-state index >= 15 is 0 Å². The van der Waals surface area contributed by atoms with Crippen molar-refractivity contribution in [3.63, 3.8) is 0 Å². The smallest absolute Gasteiger partial charge is 0.248 e. The molecule has 1 saturated heterocycles. The third-order valence-electron chi connectivity index (χ3n) is 7.46. The van der Waals surface area contributed by atoms with Gasteiger partial charge in [0.05, 0.1) is 11.4 Å². The Bertz CT molecular complexity index is 1790. The summed E-state index contributed by atoms with van der Waals surface area (Å²) in [7, 11) is -4.05. The number of anilines is 3. The van der Waals surface area contributed by atoms with Crippen molar-refractivity contribution in [3.8, 4) is 11.5 Å². The van der Waals surface area contributed by atoms with Gasteiger partial charge in [0.1, 0.15) is 10.7 Å². The predicted molar refractivity (Wildman–Crippen MR) is 168 cm³/mol. The van der Waals surface area contributed by atoms with E-state index in [1.165, 1.54) is 18.2 Å². The van der Waals surface area contributed by atoms with Crippen LogP contribution in [-0.4, -0.2) is 47.3 Å². The fourth-order valence-electron chi connectivity index (χ4n) is 5.19. The lowest BCUT2D eigenvalue weighted by atomic mass is 10.2. The van der Waals surface area contributed by atoms with E-state index in [0.29, 0.717) is 60.3 Å². The highest BCUT2D eigenvalue weighted by molar-refractivity contribution is 7.89. The Morgan fingerprint density at radius 1 is 0.818 bits per heavy atom. The molecule has 0 radical (unpaired) electrons. The molecule has 2 aliphatic rings. The van der Waals surface area contributed by atoms with E-state index in [9.17, 15) is 17.6 Å². The Kier molecular flexibility index (Phi) is 8.49. The van der Waals surface area contributed by atoms with Crippen molar-refractivity contribution in [2.75, 3.05) is 48.1 Å². The first-order chi connectivity index (χ1) is 21.4. The van der Waals surface area contributed by atoms with Crippen LogP contribution in [0.3, 0.4) is 0 Å². The van der Waals surface area contributed by atoms with Gasteiger partial charge in [0.25, 0.3) is 0 Å². The number of fused-ring (bicyclic) bond motifs is 1. The summed E-state index contributed by atoms with van der Waals surface area (Å²) in [5.41, 5.74) is 2.92. The van der Waals surface area contributed by atoms with Crippen LogP contribution in [0.4, 0.5) is 21.5 Å². The van der Waals surface area contributed by atoms with E-state index in [-0.39, 0.29) is 24.1 Å². The van der Waals surface area contributed by atoms with Crippen molar-refractivity contribution >= 4 is 39.1 Å². The van der Waals surface area contributed by atoms with Crippen LogP contribution in [0.15, 0.2) is 102 Å². The van der Waals surface area contributed by atoms with Crippen LogP contribution in [-0.2, 0) is 21.4 Å². The molecule has 0 aromatic heterocycles. The summed E-state index contributed by atoms with van der Waals surface area (Å²) in [5.74, 6) is 0.483. The first-order valence-corrected chi connectivity index (χ1v) is 15.6. The first kappa shape index (κ1) is 29.2. The summed E-state index contributed by atoms with van der Waals surface area (Å²) >= 11 is 0. The normalized spacial score (nSPS) is 14.7. The second-order valence-electron chi connectivity index (χ2n) is 10.4. The van der Waals surface area contributed by atoms with Gasteiger partial charge in [-0.1, -0.05) is 48.5 Å². The topological polar surface area (TPSA) is 100 Å². The number of carbonyl (C=O) groups excluding carboxylic acids is 1. The van der Waals surface area contributed by atoms with Gasteiger partial charge in [0.2, 0.25) is 22.7 Å². The molecule has 0 unspecified atom stereocenters. The Balaban J connectivity index is 1.23. The summed E-state index contributed by atoms with van der Waals surface area (Å²) in [6.45, 7) is 2.11. The molecule has 6 rings (SSSR count). The van der Waals surface area contributed by atoms with Crippen LogP contribution in [0, 0.1) is 5.82 Å². The number of sulfonamides is 1. The van der Waals surface area contributed by atoms with Gasteiger partial charge in [-0.3, -0.25) is 4.79 Å². The maximum absolute atomic E-state index is 14.4. The minimum absolute atomic E-state index is 0.0237. The molecule has 0 aliphatic carbocycles. The molecule has 1 amide bonds. The molecule has 11 heteroatoms. The van der Waals surface area contributed by atoms with E-state index < -0.39 is 15.9 Å². The number of para-hydroxylation sites is 1. The van der Waals surface area contributed by atoms with Crippen molar-refractivity contribution in [3.05, 3.63) is 114 Å². The predicted octanol–water partition coefficient (Wildman–Crippen LogP) is 5.01. The number of amides is 1. The number of halogens is 1. The first-order valence-electron chi connectivity index (χ1n) is 14.2. The summed E-state index contributed by atoms with van der Waals surface area (Å²) < 4.78 is 55.5. The third-order valence-corrected chi connectivity index (χ3v) is 8.89. The van der Waals surface area contributed by atoms with Crippen molar-refractivity contribution < 1.29 is 27.1 Å². The van der Waals surface area contributed by atoms with Gasteiger partial charge in [0, 0.05) is 44.5 Å². The van der Waals surface area contributed by atoms with Crippen LogP contribution in [0.1, 0.15) is 11.1 Å². The average molecular weight is 615 g/mol. The molecule has 0 spiro atoms. The van der Waals surface area contributed by atoms with Gasteiger partial charge in [-0.15, -0.1) is 0 Å². The number of piperazine rings is 1. The third kappa shape index (κ3) is 6.69. The number of benzene rings is 4. The number of nitrogens with zero attached hydrogens (tertiary/aromatic N) is 2.